The Morgan fingerprint density at radius 2 is 2.08 bits per heavy atom. The van der Waals surface area contributed by atoms with Crippen LogP contribution in [0.5, 0.6) is 5.75 Å². The maximum atomic E-state index is 12.2. The number of aryl methyl sites for hydroxylation is 1. The standard InChI is InChI=1S/C20H27N3O3/c1-26-17-6-7-18-16(14-17)13-15(20(25)22-18)5-8-19(24)21-9-4-12-23-10-2-3-11-23/h6-7,13-14H,2-5,8-12H2,1H3,(H,21,24)(H,22,25). The number of methoxy groups -OCH3 is 1. The molecule has 1 amide bonds. The van der Waals surface area contributed by atoms with Crippen LogP contribution in [0.25, 0.3) is 10.9 Å². The molecule has 0 saturated carbocycles. The van der Waals surface area contributed by atoms with E-state index in [4.69, 9.17) is 4.74 Å². The highest BCUT2D eigenvalue weighted by Crippen LogP contribution is 2.19. The smallest absolute Gasteiger partial charge is 0.251 e. The molecule has 0 aliphatic carbocycles. The first-order valence-electron chi connectivity index (χ1n) is 9.35. The van der Waals surface area contributed by atoms with Gasteiger partial charge in [0.15, 0.2) is 0 Å². The summed E-state index contributed by atoms with van der Waals surface area (Å²) in [6, 6.07) is 7.37. The Morgan fingerprint density at radius 1 is 1.27 bits per heavy atom. The molecular weight excluding hydrogens is 330 g/mol. The van der Waals surface area contributed by atoms with Crippen LogP contribution < -0.4 is 15.6 Å². The topological polar surface area (TPSA) is 74.4 Å². The van der Waals surface area contributed by atoms with E-state index in [1.807, 2.05) is 24.3 Å². The third-order valence-corrected chi connectivity index (χ3v) is 4.92. The summed E-state index contributed by atoms with van der Waals surface area (Å²) in [4.78, 5) is 29.5. The molecule has 2 N–H and O–H groups in total. The minimum atomic E-state index is -0.135. The summed E-state index contributed by atoms with van der Waals surface area (Å²) in [7, 11) is 1.61. The van der Waals surface area contributed by atoms with Crippen molar-refractivity contribution in [1.29, 1.82) is 0 Å². The number of benzene rings is 1. The number of hydrogen-bond donors (Lipinski definition) is 2. The van der Waals surface area contributed by atoms with E-state index in [2.05, 4.69) is 15.2 Å². The first kappa shape index (κ1) is 18.5. The van der Waals surface area contributed by atoms with Crippen LogP contribution in [0.3, 0.4) is 0 Å². The summed E-state index contributed by atoms with van der Waals surface area (Å²) in [5.74, 6) is 0.739. The number of H-pyrrole nitrogens is 1. The number of rotatable bonds is 8. The molecule has 0 atom stereocenters. The molecule has 26 heavy (non-hydrogen) atoms. The lowest BCUT2D eigenvalue weighted by atomic mass is 10.1. The number of carbonyl (C=O) groups is 1. The summed E-state index contributed by atoms with van der Waals surface area (Å²) >= 11 is 0. The molecule has 6 nitrogen and oxygen atoms in total. The molecular formula is C20H27N3O3. The highest BCUT2D eigenvalue weighted by molar-refractivity contribution is 5.81. The number of hydrogen-bond acceptors (Lipinski definition) is 4. The zero-order valence-electron chi connectivity index (χ0n) is 15.3. The maximum absolute atomic E-state index is 12.2. The van der Waals surface area contributed by atoms with Crippen molar-refractivity contribution in [2.45, 2.75) is 32.1 Å². The Labute approximate surface area is 153 Å². The second kappa shape index (κ2) is 8.85. The number of carbonyl (C=O) groups excluding carboxylic acids is 1. The minimum Gasteiger partial charge on any atom is -0.497 e. The maximum Gasteiger partial charge on any atom is 0.251 e. The van der Waals surface area contributed by atoms with Gasteiger partial charge in [0.25, 0.3) is 5.56 Å². The van der Waals surface area contributed by atoms with Crippen LogP contribution in [0.4, 0.5) is 0 Å². The summed E-state index contributed by atoms with van der Waals surface area (Å²) in [5.41, 5.74) is 1.26. The third-order valence-electron chi connectivity index (χ3n) is 4.92. The Kier molecular flexibility index (Phi) is 6.28. The van der Waals surface area contributed by atoms with Crippen molar-refractivity contribution in [3.05, 3.63) is 40.2 Å². The highest BCUT2D eigenvalue weighted by atomic mass is 16.5. The number of amides is 1. The molecule has 2 aromatic rings. The Hall–Kier alpha value is -2.34. The Morgan fingerprint density at radius 3 is 2.85 bits per heavy atom. The molecule has 1 aromatic carbocycles. The number of pyridine rings is 1. The highest BCUT2D eigenvalue weighted by Gasteiger charge is 2.11. The van der Waals surface area contributed by atoms with Gasteiger partial charge < -0.3 is 19.9 Å². The molecule has 0 radical (unpaired) electrons. The van der Waals surface area contributed by atoms with Crippen molar-refractivity contribution in [2.24, 2.45) is 0 Å². The average Bonchev–Trinajstić information content (AvgIpc) is 3.16. The molecule has 1 saturated heterocycles. The van der Waals surface area contributed by atoms with Gasteiger partial charge in [-0.15, -0.1) is 0 Å². The zero-order chi connectivity index (χ0) is 18.4. The second-order valence-electron chi connectivity index (χ2n) is 6.83. The van der Waals surface area contributed by atoms with Crippen molar-refractivity contribution < 1.29 is 9.53 Å². The second-order valence-corrected chi connectivity index (χ2v) is 6.83. The molecule has 1 aromatic heterocycles. The SMILES string of the molecule is COc1ccc2[nH]c(=O)c(CCC(=O)NCCCN3CCCC3)cc2c1. The number of fused-ring (bicyclic) bond motifs is 1. The fourth-order valence-corrected chi connectivity index (χ4v) is 3.42. The van der Waals surface area contributed by atoms with Crippen molar-refractivity contribution >= 4 is 16.8 Å². The van der Waals surface area contributed by atoms with E-state index >= 15 is 0 Å². The quantitative estimate of drug-likeness (QED) is 0.710. The van der Waals surface area contributed by atoms with Crippen molar-refractivity contribution in [3.63, 3.8) is 0 Å². The van der Waals surface area contributed by atoms with Crippen molar-refractivity contribution in [1.82, 2.24) is 15.2 Å². The number of nitrogens with one attached hydrogen (secondary N) is 2. The number of aromatic amines is 1. The summed E-state index contributed by atoms with van der Waals surface area (Å²) < 4.78 is 5.22. The van der Waals surface area contributed by atoms with Gasteiger partial charge in [0.05, 0.1) is 7.11 Å². The van der Waals surface area contributed by atoms with Crippen LogP contribution >= 0.6 is 0 Å². The van der Waals surface area contributed by atoms with Crippen LogP contribution in [0.15, 0.2) is 29.1 Å². The summed E-state index contributed by atoms with van der Waals surface area (Å²) in [5, 5.41) is 3.86. The molecule has 140 valence electrons. The van der Waals surface area contributed by atoms with Crippen LogP contribution in [0.1, 0.15) is 31.2 Å². The molecule has 1 aliphatic heterocycles. The molecule has 0 unspecified atom stereocenters. The van der Waals surface area contributed by atoms with Gasteiger partial charge in [-0.25, -0.2) is 0 Å². The minimum absolute atomic E-state index is 0.00318. The van der Waals surface area contributed by atoms with E-state index in [0.29, 0.717) is 24.9 Å². The lowest BCUT2D eigenvalue weighted by Crippen LogP contribution is -2.29. The monoisotopic (exact) mass is 357 g/mol. The molecule has 1 aliphatic rings. The van der Waals surface area contributed by atoms with E-state index in [1.54, 1.807) is 7.11 Å². The predicted octanol–water partition coefficient (Wildman–Crippen LogP) is 2.07. The number of likely N-dealkylation sites (tertiary alicyclic amines) is 1. The van der Waals surface area contributed by atoms with E-state index < -0.39 is 0 Å². The van der Waals surface area contributed by atoms with Crippen molar-refractivity contribution in [2.75, 3.05) is 33.3 Å². The number of aromatic nitrogens is 1. The van der Waals surface area contributed by atoms with Gasteiger partial charge >= 0.3 is 0 Å². The fourth-order valence-electron chi connectivity index (χ4n) is 3.42. The van der Waals surface area contributed by atoms with Gasteiger partial charge in [0, 0.05) is 29.4 Å². The average molecular weight is 357 g/mol. The predicted molar refractivity (Wildman–Crippen MR) is 103 cm³/mol. The van der Waals surface area contributed by atoms with Gasteiger partial charge in [-0.05, 0) is 69.6 Å². The fraction of sp³-hybridized carbons (Fsp3) is 0.500. The van der Waals surface area contributed by atoms with Gasteiger partial charge in [-0.2, -0.15) is 0 Å². The van der Waals surface area contributed by atoms with Crippen molar-refractivity contribution in [3.8, 4) is 5.75 Å². The lowest BCUT2D eigenvalue weighted by Gasteiger charge is -2.14. The van der Waals surface area contributed by atoms with E-state index in [9.17, 15) is 9.59 Å². The van der Waals surface area contributed by atoms with E-state index in [-0.39, 0.29) is 11.5 Å². The van der Waals surface area contributed by atoms with Gasteiger partial charge in [-0.1, -0.05) is 0 Å². The van der Waals surface area contributed by atoms with Crippen LogP contribution in [-0.4, -0.2) is 49.1 Å². The third kappa shape index (κ3) is 4.85. The molecule has 1 fully saturated rings. The number of nitrogens with zero attached hydrogens (tertiary/aromatic N) is 1. The Balaban J connectivity index is 1.49. The normalized spacial score (nSPS) is 14.7. The largest absolute Gasteiger partial charge is 0.497 e. The molecule has 3 rings (SSSR count). The molecule has 2 heterocycles. The van der Waals surface area contributed by atoms with Crippen LogP contribution in [0, 0.1) is 0 Å². The van der Waals surface area contributed by atoms with E-state index in [0.717, 1.165) is 29.6 Å². The first-order valence-corrected chi connectivity index (χ1v) is 9.35. The molecule has 0 spiro atoms. The number of ether oxygens (including phenoxy) is 1. The van der Waals surface area contributed by atoms with Gasteiger partial charge in [0.1, 0.15) is 5.75 Å². The molecule has 6 heteroatoms. The Bertz CT molecular complexity index is 810. The van der Waals surface area contributed by atoms with Crippen LogP contribution in [-0.2, 0) is 11.2 Å². The first-order chi connectivity index (χ1) is 12.7. The summed E-state index contributed by atoms with van der Waals surface area (Å²) in [6.07, 6.45) is 4.31. The van der Waals surface area contributed by atoms with Crippen LogP contribution in [0.2, 0.25) is 0 Å². The van der Waals surface area contributed by atoms with Gasteiger partial charge in [0.2, 0.25) is 5.91 Å². The summed E-state index contributed by atoms with van der Waals surface area (Å²) in [6.45, 7) is 4.11. The van der Waals surface area contributed by atoms with Gasteiger partial charge in [-0.3, -0.25) is 9.59 Å². The zero-order valence-corrected chi connectivity index (χ0v) is 15.3. The molecule has 0 bridgehead atoms. The van der Waals surface area contributed by atoms with E-state index in [1.165, 1.54) is 25.9 Å². The lowest BCUT2D eigenvalue weighted by molar-refractivity contribution is -0.121.